The molecule has 164 valence electrons. The van der Waals surface area contributed by atoms with E-state index in [9.17, 15) is 0 Å². The Morgan fingerprint density at radius 2 is 1.58 bits per heavy atom. The van der Waals surface area contributed by atoms with Crippen molar-refractivity contribution in [2.75, 3.05) is 6.61 Å². The minimum absolute atomic E-state index is 0. The van der Waals surface area contributed by atoms with Crippen molar-refractivity contribution in [1.82, 2.24) is 0 Å². The molecule has 0 N–H and O–H groups in total. The van der Waals surface area contributed by atoms with Gasteiger partial charge < -0.3 is 29.2 Å². The summed E-state index contributed by atoms with van der Waals surface area (Å²) in [6, 6.07) is 15.9. The van der Waals surface area contributed by atoms with Crippen molar-refractivity contribution in [2.24, 2.45) is 5.92 Å². The first-order chi connectivity index (χ1) is 13.4. The van der Waals surface area contributed by atoms with Gasteiger partial charge >= 0.3 is 26.2 Å². The summed E-state index contributed by atoms with van der Waals surface area (Å²) in [6.45, 7) is 10.1. The van der Waals surface area contributed by atoms with Crippen LogP contribution in [0, 0.1) is 5.92 Å². The Hall–Kier alpha value is -0.440. The van der Waals surface area contributed by atoms with Crippen molar-refractivity contribution in [1.29, 1.82) is 0 Å². The molecule has 2 aromatic rings. The number of fused-ring (bicyclic) bond motifs is 3. The first-order valence-corrected chi connectivity index (χ1v) is 14.0. The van der Waals surface area contributed by atoms with Crippen LogP contribution in [-0.2, 0) is 42.5 Å². The van der Waals surface area contributed by atoms with Crippen molar-refractivity contribution >= 4 is 8.32 Å². The second-order valence-corrected chi connectivity index (χ2v) is 13.7. The van der Waals surface area contributed by atoms with Crippen molar-refractivity contribution < 1.29 is 55.4 Å². The van der Waals surface area contributed by atoms with Crippen LogP contribution in [0.25, 0.3) is 11.1 Å². The van der Waals surface area contributed by atoms with E-state index >= 15 is 0 Å². The van der Waals surface area contributed by atoms with E-state index in [0.29, 0.717) is 5.92 Å². The van der Waals surface area contributed by atoms with E-state index in [-0.39, 0.29) is 56.4 Å². The minimum Gasteiger partial charge on any atom is -1.00 e. The SMILES string of the molecule is CCC(CCO[Si](C)(C)C)(c1cccc2c1Cc1ccccc1-2)C1C=CC=C1.[Cl-].[Cl-].[Zr+2]. The Labute approximate surface area is 220 Å². The number of hydrogen-bond donors (Lipinski definition) is 0. The van der Waals surface area contributed by atoms with Crippen LogP contribution in [0.4, 0.5) is 0 Å². The summed E-state index contributed by atoms with van der Waals surface area (Å²) >= 11 is 0. The first-order valence-electron chi connectivity index (χ1n) is 10.6. The van der Waals surface area contributed by atoms with Crippen molar-refractivity contribution in [3.8, 4) is 11.1 Å². The van der Waals surface area contributed by atoms with E-state index in [1.807, 2.05) is 0 Å². The zero-order valence-electron chi connectivity index (χ0n) is 18.9. The number of halogens is 2. The van der Waals surface area contributed by atoms with Gasteiger partial charge in [-0.3, -0.25) is 0 Å². The molecule has 2 aromatic carbocycles. The average Bonchev–Trinajstić information content (AvgIpc) is 3.32. The summed E-state index contributed by atoms with van der Waals surface area (Å²) in [7, 11) is -1.52. The molecule has 1 atom stereocenters. The minimum atomic E-state index is -1.52. The average molecular weight is 551 g/mol. The van der Waals surface area contributed by atoms with Gasteiger partial charge in [-0.05, 0) is 66.7 Å². The standard InChI is InChI=1S/C26H32OSi.2ClH.Zr/c1-5-26(21-12-7-8-13-21,17-18-27-28(2,3)4)25-16-10-15-23-22-14-9-6-11-20(22)19-24(23)25;;;/h6-16,21H,5,17-19H2,1-4H3;2*1H;/q;;;+2/p-2. The van der Waals surface area contributed by atoms with Gasteiger partial charge in [0.25, 0.3) is 0 Å². The van der Waals surface area contributed by atoms with Crippen LogP contribution in [0.1, 0.15) is 36.5 Å². The van der Waals surface area contributed by atoms with Gasteiger partial charge in [-0.1, -0.05) is 73.7 Å². The van der Waals surface area contributed by atoms with Gasteiger partial charge in [-0.2, -0.15) is 0 Å². The molecule has 0 saturated carbocycles. The monoisotopic (exact) mass is 548 g/mol. The third-order valence-electron chi connectivity index (χ3n) is 6.49. The smallest absolute Gasteiger partial charge is 1.00 e. The van der Waals surface area contributed by atoms with Gasteiger partial charge in [0.2, 0.25) is 0 Å². The molecule has 5 heteroatoms. The van der Waals surface area contributed by atoms with Gasteiger partial charge in [-0.15, -0.1) is 0 Å². The van der Waals surface area contributed by atoms with Gasteiger partial charge in [0.15, 0.2) is 8.32 Å². The second-order valence-electron chi connectivity index (χ2n) is 9.18. The molecular formula is C26H32Cl2OSiZr. The number of allylic oxidation sites excluding steroid dienone is 4. The fraction of sp³-hybridized carbons (Fsp3) is 0.385. The summed E-state index contributed by atoms with van der Waals surface area (Å²) in [5.74, 6) is 0.443. The number of rotatable bonds is 7. The third kappa shape index (κ3) is 5.74. The predicted octanol–water partition coefficient (Wildman–Crippen LogP) is 0.895. The van der Waals surface area contributed by atoms with Crippen LogP contribution in [-0.4, -0.2) is 14.9 Å². The van der Waals surface area contributed by atoms with Gasteiger partial charge in [0, 0.05) is 17.9 Å². The molecule has 1 nitrogen and oxygen atoms in total. The van der Waals surface area contributed by atoms with Crippen molar-refractivity contribution in [3.05, 3.63) is 83.5 Å². The Kier molecular flexibility index (Phi) is 10.7. The van der Waals surface area contributed by atoms with Crippen molar-refractivity contribution in [2.45, 2.75) is 51.2 Å². The van der Waals surface area contributed by atoms with Crippen molar-refractivity contribution in [3.63, 3.8) is 0 Å². The van der Waals surface area contributed by atoms with E-state index in [4.69, 9.17) is 4.43 Å². The summed E-state index contributed by atoms with van der Waals surface area (Å²) in [4.78, 5) is 0. The number of hydrogen-bond acceptors (Lipinski definition) is 1. The zero-order valence-corrected chi connectivity index (χ0v) is 23.9. The molecule has 2 aliphatic carbocycles. The van der Waals surface area contributed by atoms with E-state index in [2.05, 4.69) is 93.3 Å². The maximum Gasteiger partial charge on any atom is 2.00 e. The van der Waals surface area contributed by atoms with Crippen LogP contribution < -0.4 is 24.8 Å². The summed E-state index contributed by atoms with van der Waals surface area (Å²) in [6.07, 6.45) is 12.4. The Balaban J connectivity index is 0.00000160. The Bertz CT molecular complexity index is 923. The van der Waals surface area contributed by atoms with E-state index < -0.39 is 8.32 Å². The molecule has 0 aliphatic heterocycles. The topological polar surface area (TPSA) is 9.23 Å². The summed E-state index contributed by atoms with van der Waals surface area (Å²) in [5.41, 5.74) is 7.47. The van der Waals surface area contributed by atoms with E-state index in [1.165, 1.54) is 27.8 Å². The summed E-state index contributed by atoms with van der Waals surface area (Å²) in [5, 5.41) is 0. The molecule has 0 spiro atoms. The number of benzene rings is 2. The van der Waals surface area contributed by atoms with Gasteiger partial charge in [-0.25, -0.2) is 0 Å². The Morgan fingerprint density at radius 1 is 0.935 bits per heavy atom. The van der Waals surface area contributed by atoms with Crippen LogP contribution in [0.3, 0.4) is 0 Å². The molecule has 0 amide bonds. The third-order valence-corrected chi connectivity index (χ3v) is 7.56. The molecule has 31 heavy (non-hydrogen) atoms. The maximum atomic E-state index is 6.34. The molecular weight excluding hydrogens is 519 g/mol. The quantitative estimate of drug-likeness (QED) is 0.398. The molecule has 4 rings (SSSR count). The maximum absolute atomic E-state index is 6.34. The van der Waals surface area contributed by atoms with Crippen LogP contribution in [0.5, 0.6) is 0 Å². The Morgan fingerprint density at radius 3 is 2.23 bits per heavy atom. The second kappa shape index (κ2) is 11.6. The molecule has 2 aliphatic rings. The zero-order chi connectivity index (χ0) is 19.8. The molecule has 1 unspecified atom stereocenters. The van der Waals surface area contributed by atoms with Gasteiger partial charge in [0.05, 0.1) is 0 Å². The fourth-order valence-electron chi connectivity index (χ4n) is 5.05. The predicted molar refractivity (Wildman–Crippen MR) is 122 cm³/mol. The normalized spacial score (nSPS) is 15.9. The molecule has 0 fully saturated rings. The van der Waals surface area contributed by atoms with Crippen LogP contribution in [0.2, 0.25) is 19.6 Å². The largest absolute Gasteiger partial charge is 2.00 e. The van der Waals surface area contributed by atoms with Crippen LogP contribution in [0.15, 0.2) is 66.8 Å². The van der Waals surface area contributed by atoms with Gasteiger partial charge in [0.1, 0.15) is 0 Å². The molecule has 0 radical (unpaired) electrons. The van der Waals surface area contributed by atoms with E-state index in [1.54, 1.807) is 0 Å². The van der Waals surface area contributed by atoms with Crippen LogP contribution >= 0.6 is 0 Å². The fourth-order valence-corrected chi connectivity index (χ4v) is 5.76. The molecule has 0 aromatic heterocycles. The molecule has 0 heterocycles. The first kappa shape index (κ1) is 28.6. The molecule has 0 saturated heterocycles. The summed E-state index contributed by atoms with van der Waals surface area (Å²) < 4.78 is 6.34. The molecule has 0 bridgehead atoms. The van der Waals surface area contributed by atoms with E-state index in [0.717, 1.165) is 25.9 Å².